The molecule has 0 aliphatic carbocycles. The average Bonchev–Trinajstić information content (AvgIpc) is 2.33. The fourth-order valence-corrected chi connectivity index (χ4v) is 2.72. The van der Waals surface area contributed by atoms with Crippen LogP contribution in [0.25, 0.3) is 0 Å². The van der Waals surface area contributed by atoms with Crippen LogP contribution in [0.4, 0.5) is 5.69 Å². The Hall–Kier alpha value is -0.730. The number of hydrogen-bond donors (Lipinski definition) is 1. The Morgan fingerprint density at radius 1 is 1.30 bits per heavy atom. The Morgan fingerprint density at radius 3 is 2.45 bits per heavy atom. The summed E-state index contributed by atoms with van der Waals surface area (Å²) < 4.78 is 0. The normalized spacial score (nSPS) is 13.3. The lowest BCUT2D eigenvalue weighted by molar-refractivity contribution is 0.419. The summed E-state index contributed by atoms with van der Waals surface area (Å²) in [6.07, 6.45) is 1.13. The number of anilines is 1. The van der Waals surface area contributed by atoms with Gasteiger partial charge >= 0.3 is 0 Å². The van der Waals surface area contributed by atoms with Gasteiger partial charge in [0, 0.05) is 30.3 Å². The zero-order valence-corrected chi connectivity index (χ0v) is 14.5. The quantitative estimate of drug-likeness (QED) is 0.804. The molecule has 0 radical (unpaired) electrons. The number of benzene rings is 1. The first-order valence-corrected chi connectivity index (χ1v) is 7.86. The summed E-state index contributed by atoms with van der Waals surface area (Å²) in [7, 11) is 2.12. The molecule has 2 nitrogen and oxygen atoms in total. The Kier molecular flexibility index (Phi) is 6.35. The third-order valence-electron chi connectivity index (χ3n) is 3.30. The third-order valence-corrected chi connectivity index (χ3v) is 3.63. The molecule has 0 spiro atoms. The molecule has 1 unspecified atom stereocenters. The molecule has 0 fully saturated rings. The smallest absolute Gasteiger partial charge is 0.0474 e. The topological polar surface area (TPSA) is 15.3 Å². The summed E-state index contributed by atoms with van der Waals surface area (Å²) in [4.78, 5) is 2.26. The molecule has 0 aromatic heterocycles. The summed E-state index contributed by atoms with van der Waals surface area (Å²) in [5.41, 5.74) is 2.62. The molecule has 1 aromatic rings. The first-order chi connectivity index (χ1) is 9.24. The van der Waals surface area contributed by atoms with Crippen molar-refractivity contribution in [2.75, 3.05) is 25.0 Å². The van der Waals surface area contributed by atoms with Crippen molar-refractivity contribution in [1.29, 1.82) is 0 Å². The fraction of sp³-hybridized carbons (Fsp3) is 0.647. The molecule has 1 rings (SSSR count). The van der Waals surface area contributed by atoms with E-state index in [9.17, 15) is 0 Å². The highest BCUT2D eigenvalue weighted by molar-refractivity contribution is 6.31. The van der Waals surface area contributed by atoms with Crippen LogP contribution in [0, 0.1) is 5.41 Å². The highest BCUT2D eigenvalue weighted by Crippen LogP contribution is 2.29. The van der Waals surface area contributed by atoms with Gasteiger partial charge in [0.1, 0.15) is 0 Å². The number of rotatable bonds is 6. The van der Waals surface area contributed by atoms with Crippen LogP contribution in [0.5, 0.6) is 0 Å². The molecule has 0 saturated heterocycles. The van der Waals surface area contributed by atoms with E-state index >= 15 is 0 Å². The van der Waals surface area contributed by atoms with Gasteiger partial charge < -0.3 is 10.2 Å². The van der Waals surface area contributed by atoms with Gasteiger partial charge in [-0.05, 0) is 43.0 Å². The molecule has 0 heterocycles. The molecule has 0 bridgehead atoms. The van der Waals surface area contributed by atoms with Crippen molar-refractivity contribution in [2.45, 2.75) is 47.1 Å². The number of hydrogen-bond acceptors (Lipinski definition) is 2. The minimum absolute atomic E-state index is 0.274. The van der Waals surface area contributed by atoms with Crippen molar-refractivity contribution in [2.24, 2.45) is 5.41 Å². The van der Waals surface area contributed by atoms with Crippen molar-refractivity contribution in [3.05, 3.63) is 28.8 Å². The maximum Gasteiger partial charge on any atom is 0.0474 e. The van der Waals surface area contributed by atoms with Gasteiger partial charge in [-0.25, -0.2) is 0 Å². The average molecular weight is 297 g/mol. The summed E-state index contributed by atoms with van der Waals surface area (Å²) >= 11 is 6.45. The first-order valence-electron chi connectivity index (χ1n) is 7.48. The van der Waals surface area contributed by atoms with E-state index in [1.165, 1.54) is 11.3 Å². The molecule has 114 valence electrons. The first kappa shape index (κ1) is 17.3. The van der Waals surface area contributed by atoms with Crippen LogP contribution >= 0.6 is 11.6 Å². The molecular weight excluding hydrogens is 268 g/mol. The number of halogens is 1. The minimum atomic E-state index is 0.274. The van der Waals surface area contributed by atoms with E-state index < -0.39 is 0 Å². The van der Waals surface area contributed by atoms with E-state index in [0.717, 1.165) is 24.5 Å². The monoisotopic (exact) mass is 296 g/mol. The van der Waals surface area contributed by atoms with Crippen molar-refractivity contribution in [3.63, 3.8) is 0 Å². The Bertz CT molecular complexity index is 423. The zero-order chi connectivity index (χ0) is 15.3. The summed E-state index contributed by atoms with van der Waals surface area (Å²) in [5.74, 6) is 0. The summed E-state index contributed by atoms with van der Waals surface area (Å²) in [5, 5.41) is 4.32. The number of nitrogens with zero attached hydrogens (tertiary/aromatic N) is 1. The van der Waals surface area contributed by atoms with Gasteiger partial charge in [0.2, 0.25) is 0 Å². The second-order valence-corrected chi connectivity index (χ2v) is 7.21. The van der Waals surface area contributed by atoms with E-state index in [1.807, 2.05) is 0 Å². The Balaban J connectivity index is 2.82. The molecular formula is C17H29ClN2. The van der Waals surface area contributed by atoms with Gasteiger partial charge in [-0.3, -0.25) is 0 Å². The van der Waals surface area contributed by atoms with Gasteiger partial charge in [-0.2, -0.15) is 0 Å². The van der Waals surface area contributed by atoms with Gasteiger partial charge in [0.15, 0.2) is 0 Å². The van der Waals surface area contributed by atoms with Gasteiger partial charge in [-0.1, -0.05) is 45.4 Å². The summed E-state index contributed by atoms with van der Waals surface area (Å²) in [6, 6.07) is 6.68. The molecule has 0 aliphatic heterocycles. The van der Waals surface area contributed by atoms with Crippen LogP contribution in [0.3, 0.4) is 0 Å². The van der Waals surface area contributed by atoms with Crippen LogP contribution in [0.15, 0.2) is 18.2 Å². The largest absolute Gasteiger partial charge is 0.374 e. The molecule has 20 heavy (non-hydrogen) atoms. The highest BCUT2D eigenvalue weighted by Gasteiger charge is 2.15. The highest BCUT2D eigenvalue weighted by atomic mass is 35.5. The Morgan fingerprint density at radius 2 is 1.95 bits per heavy atom. The van der Waals surface area contributed by atoms with Crippen LogP contribution in [0.2, 0.25) is 5.02 Å². The summed E-state index contributed by atoms with van der Waals surface area (Å²) in [6.45, 7) is 13.1. The SMILES string of the molecule is CCCNC(C)c1ccc(N(C)CC(C)(C)C)cc1Cl. The van der Waals surface area contributed by atoms with Gasteiger partial charge in [0.05, 0.1) is 0 Å². The Labute approximate surface area is 129 Å². The zero-order valence-electron chi connectivity index (χ0n) is 13.8. The second kappa shape index (κ2) is 7.33. The second-order valence-electron chi connectivity index (χ2n) is 6.80. The minimum Gasteiger partial charge on any atom is -0.374 e. The predicted octanol–water partition coefficient (Wildman–Crippen LogP) is 4.88. The molecule has 0 saturated carbocycles. The van der Waals surface area contributed by atoms with Crippen molar-refractivity contribution < 1.29 is 0 Å². The third kappa shape index (κ3) is 5.34. The van der Waals surface area contributed by atoms with Gasteiger partial charge in [-0.15, -0.1) is 0 Å². The standard InChI is InChI=1S/C17H29ClN2/c1-7-10-19-13(2)15-9-8-14(11-16(15)18)20(6)12-17(3,4)5/h8-9,11,13,19H,7,10,12H2,1-6H3. The molecule has 0 aliphatic rings. The molecule has 3 heteroatoms. The lowest BCUT2D eigenvalue weighted by Crippen LogP contribution is -2.29. The van der Waals surface area contributed by atoms with E-state index in [1.54, 1.807) is 0 Å². The molecule has 1 N–H and O–H groups in total. The maximum absolute atomic E-state index is 6.45. The van der Waals surface area contributed by atoms with Crippen LogP contribution in [0.1, 0.15) is 52.6 Å². The predicted molar refractivity (Wildman–Crippen MR) is 90.9 cm³/mol. The fourth-order valence-electron chi connectivity index (χ4n) is 2.38. The number of nitrogens with one attached hydrogen (secondary N) is 1. The van der Waals surface area contributed by atoms with Crippen LogP contribution in [-0.2, 0) is 0 Å². The van der Waals surface area contributed by atoms with E-state index in [-0.39, 0.29) is 5.41 Å². The van der Waals surface area contributed by atoms with Crippen molar-refractivity contribution in [1.82, 2.24) is 5.32 Å². The van der Waals surface area contributed by atoms with E-state index in [4.69, 9.17) is 11.6 Å². The molecule has 0 amide bonds. The van der Waals surface area contributed by atoms with E-state index in [2.05, 4.69) is 70.1 Å². The van der Waals surface area contributed by atoms with Crippen molar-refractivity contribution >= 4 is 17.3 Å². The molecule has 1 aromatic carbocycles. The van der Waals surface area contributed by atoms with Gasteiger partial charge in [0.25, 0.3) is 0 Å². The van der Waals surface area contributed by atoms with E-state index in [0.29, 0.717) is 6.04 Å². The van der Waals surface area contributed by atoms with Crippen molar-refractivity contribution in [3.8, 4) is 0 Å². The lowest BCUT2D eigenvalue weighted by atomic mass is 9.96. The molecule has 1 atom stereocenters. The van der Waals surface area contributed by atoms with Crippen LogP contribution < -0.4 is 10.2 Å². The lowest BCUT2D eigenvalue weighted by Gasteiger charge is -2.29. The van der Waals surface area contributed by atoms with Crippen LogP contribution in [-0.4, -0.2) is 20.1 Å². The maximum atomic E-state index is 6.45.